The molecule has 1 amide bonds. The minimum absolute atomic E-state index is 0.390. The van der Waals surface area contributed by atoms with Crippen molar-refractivity contribution in [3.05, 3.63) is 41.2 Å². The van der Waals surface area contributed by atoms with Crippen molar-refractivity contribution in [3.63, 3.8) is 0 Å². The number of hydrogen-bond acceptors (Lipinski definition) is 4. The number of rotatable bonds is 4. The third-order valence-corrected chi connectivity index (χ3v) is 2.89. The maximum absolute atomic E-state index is 11.4. The Balaban J connectivity index is 2.20. The molecule has 0 aliphatic carbocycles. The van der Waals surface area contributed by atoms with Crippen LogP contribution in [-0.4, -0.2) is 15.7 Å². The summed E-state index contributed by atoms with van der Waals surface area (Å²) in [5, 5.41) is 7.44. The molecule has 0 bridgehead atoms. The highest BCUT2D eigenvalue weighted by molar-refractivity contribution is 5.99. The van der Waals surface area contributed by atoms with Crippen molar-refractivity contribution in [1.29, 1.82) is 0 Å². The highest BCUT2D eigenvalue weighted by Crippen LogP contribution is 2.19. The average Bonchev–Trinajstić information content (AvgIpc) is 2.66. The zero-order chi connectivity index (χ0) is 14.0. The van der Waals surface area contributed by atoms with Crippen molar-refractivity contribution < 1.29 is 4.79 Å². The largest absolute Gasteiger partial charge is 0.399 e. The molecule has 0 unspecified atom stereocenters. The first-order chi connectivity index (χ1) is 8.97. The summed E-state index contributed by atoms with van der Waals surface area (Å²) < 4.78 is 1.75. The van der Waals surface area contributed by atoms with Gasteiger partial charge < -0.3 is 16.8 Å². The monoisotopic (exact) mass is 259 g/mol. The first kappa shape index (κ1) is 12.9. The van der Waals surface area contributed by atoms with E-state index in [-0.39, 0.29) is 0 Å². The van der Waals surface area contributed by atoms with Crippen LogP contribution in [0.4, 0.5) is 11.4 Å². The van der Waals surface area contributed by atoms with Gasteiger partial charge in [0.15, 0.2) is 0 Å². The topological polar surface area (TPSA) is 99.0 Å². The number of nitrogens with zero attached hydrogens (tertiary/aromatic N) is 2. The molecule has 0 fully saturated rings. The number of anilines is 2. The molecule has 0 aliphatic heterocycles. The quantitative estimate of drug-likeness (QED) is 0.714. The number of nitrogens with one attached hydrogen (secondary N) is 1. The number of carbonyl (C=O) groups excluding carboxylic acids is 1. The predicted octanol–water partition coefficient (Wildman–Crippen LogP) is 1.02. The Morgan fingerprint density at radius 1 is 1.47 bits per heavy atom. The predicted molar refractivity (Wildman–Crippen MR) is 74.6 cm³/mol. The van der Waals surface area contributed by atoms with Crippen molar-refractivity contribution in [2.24, 2.45) is 12.8 Å². The Morgan fingerprint density at radius 2 is 2.21 bits per heavy atom. The lowest BCUT2D eigenvalue weighted by atomic mass is 10.1. The molecule has 0 atom stereocenters. The average molecular weight is 259 g/mol. The lowest BCUT2D eigenvalue weighted by molar-refractivity contribution is 0.100. The van der Waals surface area contributed by atoms with Crippen LogP contribution < -0.4 is 16.8 Å². The van der Waals surface area contributed by atoms with Gasteiger partial charge in [0, 0.05) is 36.7 Å². The SMILES string of the molecule is Cc1nn(C)cc1CNc1ccc(N)cc1C(N)=O. The number of benzene rings is 1. The van der Waals surface area contributed by atoms with Crippen LogP contribution in [0.15, 0.2) is 24.4 Å². The number of carbonyl (C=O) groups is 1. The molecule has 19 heavy (non-hydrogen) atoms. The standard InChI is InChI=1S/C13H17N5O/c1-8-9(7-18(2)17-8)6-16-12-4-3-10(14)5-11(12)13(15)19/h3-5,7,16H,6,14H2,1-2H3,(H2,15,19). The lowest BCUT2D eigenvalue weighted by Crippen LogP contribution is -2.15. The van der Waals surface area contributed by atoms with Gasteiger partial charge in [0.2, 0.25) is 0 Å². The van der Waals surface area contributed by atoms with Crippen LogP contribution >= 0.6 is 0 Å². The van der Waals surface area contributed by atoms with Gasteiger partial charge in [-0.3, -0.25) is 9.48 Å². The van der Waals surface area contributed by atoms with Gasteiger partial charge in [-0.2, -0.15) is 5.10 Å². The number of primary amides is 1. The van der Waals surface area contributed by atoms with Crippen molar-refractivity contribution in [1.82, 2.24) is 9.78 Å². The molecule has 1 aromatic heterocycles. The fourth-order valence-corrected chi connectivity index (χ4v) is 1.93. The Labute approximate surface area is 111 Å². The zero-order valence-corrected chi connectivity index (χ0v) is 11.0. The van der Waals surface area contributed by atoms with Crippen LogP contribution in [0.1, 0.15) is 21.6 Å². The summed E-state index contributed by atoms with van der Waals surface area (Å²) in [5.41, 5.74) is 14.6. The van der Waals surface area contributed by atoms with Gasteiger partial charge >= 0.3 is 0 Å². The number of hydrogen-bond donors (Lipinski definition) is 3. The van der Waals surface area contributed by atoms with Gasteiger partial charge in [0.1, 0.15) is 0 Å². The van der Waals surface area contributed by atoms with Crippen molar-refractivity contribution in [3.8, 4) is 0 Å². The van der Waals surface area contributed by atoms with E-state index in [1.54, 1.807) is 22.9 Å². The zero-order valence-electron chi connectivity index (χ0n) is 11.0. The number of aryl methyl sites for hydroxylation is 2. The van der Waals surface area contributed by atoms with Gasteiger partial charge in [-0.05, 0) is 25.1 Å². The molecular weight excluding hydrogens is 242 g/mol. The van der Waals surface area contributed by atoms with Crippen LogP contribution in [0.2, 0.25) is 0 Å². The molecule has 1 aromatic carbocycles. The third-order valence-electron chi connectivity index (χ3n) is 2.89. The molecule has 0 spiro atoms. The maximum atomic E-state index is 11.4. The lowest BCUT2D eigenvalue weighted by Gasteiger charge is -2.10. The van der Waals surface area contributed by atoms with Crippen LogP contribution in [0.25, 0.3) is 0 Å². The van der Waals surface area contributed by atoms with E-state index in [0.29, 0.717) is 23.5 Å². The number of nitrogens with two attached hydrogens (primary N) is 2. The Bertz CT molecular complexity index is 617. The second-order valence-corrected chi connectivity index (χ2v) is 4.44. The van der Waals surface area contributed by atoms with Crippen molar-refractivity contribution in [2.75, 3.05) is 11.1 Å². The molecule has 6 nitrogen and oxygen atoms in total. The summed E-state index contributed by atoms with van der Waals surface area (Å²) in [6.45, 7) is 2.51. The van der Waals surface area contributed by atoms with Gasteiger partial charge in [-0.25, -0.2) is 0 Å². The molecule has 2 rings (SSSR count). The van der Waals surface area contributed by atoms with Crippen LogP contribution in [0.3, 0.4) is 0 Å². The molecule has 1 heterocycles. The van der Waals surface area contributed by atoms with Crippen molar-refractivity contribution in [2.45, 2.75) is 13.5 Å². The van der Waals surface area contributed by atoms with E-state index in [2.05, 4.69) is 10.4 Å². The molecule has 0 saturated heterocycles. The van der Waals surface area contributed by atoms with Crippen molar-refractivity contribution >= 4 is 17.3 Å². The van der Waals surface area contributed by atoms with Gasteiger partial charge in [-0.1, -0.05) is 0 Å². The Morgan fingerprint density at radius 3 is 2.79 bits per heavy atom. The molecule has 0 saturated carbocycles. The second kappa shape index (κ2) is 5.01. The first-order valence-corrected chi connectivity index (χ1v) is 5.89. The molecule has 2 aromatic rings. The summed E-state index contributed by atoms with van der Waals surface area (Å²) in [5.74, 6) is -0.502. The molecular formula is C13H17N5O. The maximum Gasteiger partial charge on any atom is 0.250 e. The summed E-state index contributed by atoms with van der Waals surface area (Å²) in [6.07, 6.45) is 1.93. The molecule has 6 heteroatoms. The summed E-state index contributed by atoms with van der Waals surface area (Å²) >= 11 is 0. The highest BCUT2D eigenvalue weighted by Gasteiger charge is 2.09. The van der Waals surface area contributed by atoms with Gasteiger partial charge in [0.05, 0.1) is 11.3 Å². The van der Waals surface area contributed by atoms with E-state index in [1.807, 2.05) is 20.2 Å². The third kappa shape index (κ3) is 2.85. The fourth-order valence-electron chi connectivity index (χ4n) is 1.93. The van der Waals surface area contributed by atoms with Gasteiger partial charge in [0.25, 0.3) is 5.91 Å². The fraction of sp³-hybridized carbons (Fsp3) is 0.231. The normalized spacial score (nSPS) is 10.4. The highest BCUT2D eigenvalue weighted by atomic mass is 16.1. The van der Waals surface area contributed by atoms with E-state index < -0.39 is 5.91 Å². The van der Waals surface area contributed by atoms with Crippen LogP contribution in [0.5, 0.6) is 0 Å². The van der Waals surface area contributed by atoms with Crippen LogP contribution in [-0.2, 0) is 13.6 Å². The van der Waals surface area contributed by atoms with Crippen LogP contribution in [0, 0.1) is 6.92 Å². The summed E-state index contributed by atoms with van der Waals surface area (Å²) in [7, 11) is 1.87. The number of aromatic nitrogens is 2. The molecule has 0 radical (unpaired) electrons. The van der Waals surface area contributed by atoms with Gasteiger partial charge in [-0.15, -0.1) is 0 Å². The summed E-state index contributed by atoms with van der Waals surface area (Å²) in [6, 6.07) is 5.05. The first-order valence-electron chi connectivity index (χ1n) is 5.89. The number of amides is 1. The molecule has 0 aliphatic rings. The second-order valence-electron chi connectivity index (χ2n) is 4.44. The summed E-state index contributed by atoms with van der Waals surface area (Å²) in [4.78, 5) is 11.4. The minimum atomic E-state index is -0.502. The number of nitrogen functional groups attached to an aromatic ring is 1. The van der Waals surface area contributed by atoms with E-state index in [0.717, 1.165) is 11.3 Å². The Kier molecular flexibility index (Phi) is 3.41. The van der Waals surface area contributed by atoms with E-state index >= 15 is 0 Å². The van der Waals surface area contributed by atoms with E-state index in [4.69, 9.17) is 11.5 Å². The minimum Gasteiger partial charge on any atom is -0.399 e. The Hall–Kier alpha value is -2.50. The van der Waals surface area contributed by atoms with E-state index in [1.165, 1.54) is 0 Å². The molecule has 100 valence electrons. The smallest absolute Gasteiger partial charge is 0.250 e. The molecule has 5 N–H and O–H groups in total. The van der Waals surface area contributed by atoms with E-state index in [9.17, 15) is 4.79 Å².